The monoisotopic (exact) mass is 528 g/mol. The Labute approximate surface area is 202 Å². The average molecular weight is 530 g/mol. The van der Waals surface area contributed by atoms with Crippen LogP contribution >= 0.6 is 39.1 Å². The van der Waals surface area contributed by atoms with Crippen molar-refractivity contribution in [3.63, 3.8) is 0 Å². The highest BCUT2D eigenvalue weighted by Crippen LogP contribution is 2.27. The fourth-order valence-electron chi connectivity index (χ4n) is 3.26. The van der Waals surface area contributed by atoms with Crippen LogP contribution in [-0.2, 0) is 16.1 Å². The van der Waals surface area contributed by atoms with Gasteiger partial charge in [0.15, 0.2) is 6.61 Å². The lowest BCUT2D eigenvalue weighted by molar-refractivity contribution is -0.142. The minimum atomic E-state index is -0.626. The number of carbonyl (C=O) groups excluding carboxylic acids is 2. The largest absolute Gasteiger partial charge is 0.484 e. The van der Waals surface area contributed by atoms with Crippen molar-refractivity contribution < 1.29 is 14.3 Å². The van der Waals surface area contributed by atoms with Crippen LogP contribution in [0.25, 0.3) is 0 Å². The van der Waals surface area contributed by atoms with Crippen molar-refractivity contribution in [1.82, 2.24) is 10.2 Å². The first-order valence-electron chi connectivity index (χ1n) is 10.1. The van der Waals surface area contributed by atoms with E-state index in [0.29, 0.717) is 28.8 Å². The summed E-state index contributed by atoms with van der Waals surface area (Å²) in [7, 11) is 0. The Hall–Kier alpha value is -1.76. The van der Waals surface area contributed by atoms with Gasteiger partial charge in [-0.3, -0.25) is 9.59 Å². The van der Waals surface area contributed by atoms with E-state index < -0.39 is 6.04 Å². The van der Waals surface area contributed by atoms with E-state index in [9.17, 15) is 9.59 Å². The summed E-state index contributed by atoms with van der Waals surface area (Å²) in [6, 6.07) is 8.29. The lowest BCUT2D eigenvalue weighted by atomic mass is 10.1. The van der Waals surface area contributed by atoms with Crippen LogP contribution in [0.15, 0.2) is 34.8 Å². The molecule has 0 fully saturated rings. The van der Waals surface area contributed by atoms with E-state index in [-0.39, 0.29) is 25.0 Å². The molecule has 0 heterocycles. The quantitative estimate of drug-likeness (QED) is 0.453. The molecule has 1 atom stereocenters. The summed E-state index contributed by atoms with van der Waals surface area (Å²) in [4.78, 5) is 27.3. The first-order chi connectivity index (χ1) is 14.7. The molecule has 2 aromatic rings. The number of ether oxygens (including phenoxy) is 1. The van der Waals surface area contributed by atoms with Gasteiger partial charge in [-0.1, -0.05) is 52.1 Å². The number of halogens is 3. The lowest BCUT2D eigenvalue weighted by Gasteiger charge is -2.30. The van der Waals surface area contributed by atoms with Gasteiger partial charge < -0.3 is 15.0 Å². The Morgan fingerprint density at radius 2 is 1.74 bits per heavy atom. The van der Waals surface area contributed by atoms with Crippen molar-refractivity contribution in [3.05, 3.63) is 61.5 Å². The predicted octanol–water partition coefficient (Wildman–Crippen LogP) is 5.70. The Balaban J connectivity index is 2.26. The van der Waals surface area contributed by atoms with Crippen molar-refractivity contribution in [1.29, 1.82) is 0 Å². The second-order valence-corrected chi connectivity index (χ2v) is 8.86. The van der Waals surface area contributed by atoms with E-state index in [2.05, 4.69) is 21.2 Å². The smallest absolute Gasteiger partial charge is 0.261 e. The summed E-state index contributed by atoms with van der Waals surface area (Å²) in [5.74, 6) is 0.114. The maximum Gasteiger partial charge on any atom is 0.261 e. The molecule has 8 heteroatoms. The summed E-state index contributed by atoms with van der Waals surface area (Å²) in [6.45, 7) is 8.16. The molecule has 0 saturated carbocycles. The number of hydrogen-bond acceptors (Lipinski definition) is 3. The van der Waals surface area contributed by atoms with E-state index in [0.717, 1.165) is 21.2 Å². The molecule has 0 radical (unpaired) electrons. The van der Waals surface area contributed by atoms with Crippen LogP contribution in [-0.4, -0.2) is 35.9 Å². The molecule has 1 N–H and O–H groups in total. The fourth-order valence-corrected chi connectivity index (χ4v) is 3.81. The second-order valence-electron chi connectivity index (χ2n) is 7.25. The van der Waals surface area contributed by atoms with Gasteiger partial charge in [0.05, 0.1) is 10.0 Å². The zero-order chi connectivity index (χ0) is 23.1. The number of carbonyl (C=O) groups is 2. The number of rotatable bonds is 9. The highest BCUT2D eigenvalue weighted by molar-refractivity contribution is 9.10. The van der Waals surface area contributed by atoms with Crippen molar-refractivity contribution in [2.45, 2.75) is 46.7 Å². The maximum atomic E-state index is 13.2. The number of benzene rings is 2. The SMILES string of the molecule is CCNC(=O)[C@@H](CC)N(Cc1ccc(Cl)c(Cl)c1)C(=O)COc1cc(C)c(Br)c(C)c1. The van der Waals surface area contributed by atoms with Gasteiger partial charge in [0.2, 0.25) is 5.91 Å². The number of amides is 2. The summed E-state index contributed by atoms with van der Waals surface area (Å²) in [5.41, 5.74) is 2.81. The molecule has 168 valence electrons. The standard InChI is InChI=1S/C23H27BrCl2N2O3/c1-5-20(23(30)27-6-2)28(12-16-7-8-18(25)19(26)11-16)21(29)13-31-17-9-14(3)22(24)15(4)10-17/h7-11,20H,5-6,12-13H2,1-4H3,(H,27,30)/t20-/m1/s1. The summed E-state index contributed by atoms with van der Waals surface area (Å²) < 4.78 is 6.80. The van der Waals surface area contributed by atoms with Crippen molar-refractivity contribution in [3.8, 4) is 5.75 Å². The molecule has 0 unspecified atom stereocenters. The van der Waals surface area contributed by atoms with Crippen LogP contribution in [0.1, 0.15) is 37.0 Å². The van der Waals surface area contributed by atoms with Gasteiger partial charge in [-0.25, -0.2) is 0 Å². The molecule has 0 spiro atoms. The van der Waals surface area contributed by atoms with Gasteiger partial charge in [-0.2, -0.15) is 0 Å². The molecule has 2 amide bonds. The first kappa shape index (κ1) is 25.5. The molecule has 2 rings (SSSR count). The fraction of sp³-hybridized carbons (Fsp3) is 0.391. The highest BCUT2D eigenvalue weighted by atomic mass is 79.9. The second kappa shape index (κ2) is 11.7. The zero-order valence-corrected chi connectivity index (χ0v) is 21.2. The summed E-state index contributed by atoms with van der Waals surface area (Å²) in [6.07, 6.45) is 0.468. The maximum absolute atomic E-state index is 13.2. The van der Waals surface area contributed by atoms with Crippen LogP contribution < -0.4 is 10.1 Å². The third-order valence-corrected chi connectivity index (χ3v) is 6.84. The highest BCUT2D eigenvalue weighted by Gasteiger charge is 2.28. The first-order valence-corrected chi connectivity index (χ1v) is 11.6. The normalized spacial score (nSPS) is 11.7. The molecule has 5 nitrogen and oxygen atoms in total. The Bertz CT molecular complexity index is 929. The molecule has 0 aliphatic carbocycles. The van der Waals surface area contributed by atoms with Crippen molar-refractivity contribution in [2.24, 2.45) is 0 Å². The molecule has 2 aromatic carbocycles. The van der Waals surface area contributed by atoms with Crippen molar-refractivity contribution >= 4 is 50.9 Å². The van der Waals surface area contributed by atoms with Gasteiger partial charge in [0, 0.05) is 17.6 Å². The van der Waals surface area contributed by atoms with Gasteiger partial charge in [-0.15, -0.1) is 0 Å². The number of aryl methyl sites for hydroxylation is 2. The molecular weight excluding hydrogens is 503 g/mol. The summed E-state index contributed by atoms with van der Waals surface area (Å²) in [5, 5.41) is 3.64. The van der Waals surface area contributed by atoms with E-state index in [1.807, 2.05) is 39.8 Å². The van der Waals surface area contributed by atoms with E-state index >= 15 is 0 Å². The van der Waals surface area contributed by atoms with E-state index in [1.54, 1.807) is 18.2 Å². The third-order valence-electron chi connectivity index (χ3n) is 4.85. The van der Waals surface area contributed by atoms with Crippen molar-refractivity contribution in [2.75, 3.05) is 13.2 Å². The topological polar surface area (TPSA) is 58.6 Å². The van der Waals surface area contributed by atoms with Gasteiger partial charge >= 0.3 is 0 Å². The minimum Gasteiger partial charge on any atom is -0.484 e. The van der Waals surface area contributed by atoms with Crippen LogP contribution in [0.2, 0.25) is 10.0 Å². The summed E-state index contributed by atoms with van der Waals surface area (Å²) >= 11 is 15.7. The molecular formula is C23H27BrCl2N2O3. The number of hydrogen-bond donors (Lipinski definition) is 1. The molecule has 0 aromatic heterocycles. The van der Waals surface area contributed by atoms with E-state index in [1.165, 1.54) is 4.90 Å². The number of nitrogens with zero attached hydrogens (tertiary/aromatic N) is 1. The zero-order valence-electron chi connectivity index (χ0n) is 18.1. The van der Waals surface area contributed by atoms with E-state index in [4.69, 9.17) is 27.9 Å². The Morgan fingerprint density at radius 3 is 2.29 bits per heavy atom. The van der Waals surface area contributed by atoms with Crippen LogP contribution in [0.5, 0.6) is 5.75 Å². The Kier molecular flexibility index (Phi) is 9.66. The predicted molar refractivity (Wildman–Crippen MR) is 129 cm³/mol. The molecule has 0 saturated heterocycles. The number of nitrogens with one attached hydrogen (secondary N) is 1. The molecule has 0 aliphatic rings. The van der Waals surface area contributed by atoms with Gasteiger partial charge in [-0.05, 0) is 68.1 Å². The van der Waals surface area contributed by atoms with Crippen LogP contribution in [0.4, 0.5) is 0 Å². The van der Waals surface area contributed by atoms with Crippen LogP contribution in [0, 0.1) is 13.8 Å². The third kappa shape index (κ3) is 6.86. The molecule has 0 aliphatic heterocycles. The number of likely N-dealkylation sites (N-methyl/N-ethyl adjacent to an activating group) is 1. The van der Waals surface area contributed by atoms with Crippen LogP contribution in [0.3, 0.4) is 0 Å². The van der Waals surface area contributed by atoms with Gasteiger partial charge in [0.1, 0.15) is 11.8 Å². The molecule has 0 bridgehead atoms. The lowest BCUT2D eigenvalue weighted by Crippen LogP contribution is -2.50. The Morgan fingerprint density at radius 1 is 1.10 bits per heavy atom. The van der Waals surface area contributed by atoms with Gasteiger partial charge in [0.25, 0.3) is 5.91 Å². The molecule has 31 heavy (non-hydrogen) atoms. The minimum absolute atomic E-state index is 0.183. The average Bonchev–Trinajstić information content (AvgIpc) is 2.72.